The Balaban J connectivity index is 1.80. The first-order valence-corrected chi connectivity index (χ1v) is 7.04. The third-order valence-electron chi connectivity index (χ3n) is 3.29. The predicted octanol–water partition coefficient (Wildman–Crippen LogP) is 2.50. The summed E-state index contributed by atoms with van der Waals surface area (Å²) in [4.78, 5) is 0. The van der Waals surface area contributed by atoms with Crippen molar-refractivity contribution in [2.24, 2.45) is 0 Å². The zero-order valence-corrected chi connectivity index (χ0v) is 12.4. The number of rotatable bonds is 7. The molecule has 1 aromatic carbocycles. The number of aromatic nitrogens is 2. The van der Waals surface area contributed by atoms with Gasteiger partial charge < -0.3 is 10.1 Å². The molecule has 0 bridgehead atoms. The van der Waals surface area contributed by atoms with Crippen LogP contribution >= 0.6 is 0 Å². The highest BCUT2D eigenvalue weighted by Crippen LogP contribution is 2.12. The van der Waals surface area contributed by atoms with E-state index < -0.39 is 0 Å². The maximum absolute atomic E-state index is 5.17. The molecule has 0 aliphatic heterocycles. The number of hydrogen-bond donors (Lipinski definition) is 1. The molecule has 2 aromatic rings. The van der Waals surface area contributed by atoms with Gasteiger partial charge in [0.2, 0.25) is 0 Å². The summed E-state index contributed by atoms with van der Waals surface area (Å²) in [7, 11) is 1.69. The Morgan fingerprint density at radius 3 is 2.55 bits per heavy atom. The van der Waals surface area contributed by atoms with E-state index in [0.29, 0.717) is 12.1 Å². The van der Waals surface area contributed by atoms with Crippen molar-refractivity contribution in [3.05, 3.63) is 48.3 Å². The topological polar surface area (TPSA) is 39.1 Å². The SMILES string of the molecule is COc1ccc(CC(C)NC(C)Cn2cccn2)cc1. The van der Waals surface area contributed by atoms with Crippen LogP contribution in [-0.4, -0.2) is 29.0 Å². The molecule has 2 unspecified atom stereocenters. The Morgan fingerprint density at radius 1 is 1.20 bits per heavy atom. The fourth-order valence-corrected chi connectivity index (χ4v) is 2.40. The Hall–Kier alpha value is -1.81. The third-order valence-corrected chi connectivity index (χ3v) is 3.29. The quantitative estimate of drug-likeness (QED) is 0.842. The lowest BCUT2D eigenvalue weighted by atomic mass is 10.1. The number of ether oxygens (including phenoxy) is 1. The lowest BCUT2D eigenvalue weighted by Gasteiger charge is -2.20. The Labute approximate surface area is 120 Å². The van der Waals surface area contributed by atoms with Crippen LogP contribution in [0.5, 0.6) is 5.75 Å². The molecule has 1 aromatic heterocycles. The Bertz CT molecular complexity index is 493. The van der Waals surface area contributed by atoms with Crippen LogP contribution in [0.1, 0.15) is 19.4 Å². The monoisotopic (exact) mass is 273 g/mol. The molecule has 1 N–H and O–H groups in total. The number of benzene rings is 1. The van der Waals surface area contributed by atoms with Crippen molar-refractivity contribution in [3.8, 4) is 5.75 Å². The summed E-state index contributed by atoms with van der Waals surface area (Å²) in [5.74, 6) is 0.904. The Morgan fingerprint density at radius 2 is 1.95 bits per heavy atom. The van der Waals surface area contributed by atoms with E-state index in [4.69, 9.17) is 4.74 Å². The minimum atomic E-state index is 0.392. The highest BCUT2D eigenvalue weighted by atomic mass is 16.5. The third kappa shape index (κ3) is 4.38. The van der Waals surface area contributed by atoms with Gasteiger partial charge in [0.1, 0.15) is 5.75 Å². The van der Waals surface area contributed by atoms with Gasteiger partial charge in [-0.1, -0.05) is 12.1 Å². The second kappa shape index (κ2) is 7.10. The second-order valence-corrected chi connectivity index (χ2v) is 5.25. The van der Waals surface area contributed by atoms with E-state index in [1.165, 1.54) is 5.56 Å². The van der Waals surface area contributed by atoms with E-state index in [1.54, 1.807) is 7.11 Å². The van der Waals surface area contributed by atoms with Crippen molar-refractivity contribution in [1.82, 2.24) is 15.1 Å². The molecule has 0 radical (unpaired) electrons. The van der Waals surface area contributed by atoms with Gasteiger partial charge in [0, 0.05) is 24.5 Å². The van der Waals surface area contributed by atoms with Crippen molar-refractivity contribution in [1.29, 1.82) is 0 Å². The van der Waals surface area contributed by atoms with Crippen LogP contribution in [0.3, 0.4) is 0 Å². The molecule has 4 heteroatoms. The average molecular weight is 273 g/mol. The lowest BCUT2D eigenvalue weighted by molar-refractivity contribution is 0.404. The van der Waals surface area contributed by atoms with Crippen molar-refractivity contribution in [3.63, 3.8) is 0 Å². The molecule has 1 heterocycles. The van der Waals surface area contributed by atoms with E-state index in [-0.39, 0.29) is 0 Å². The molecular weight excluding hydrogens is 250 g/mol. The first-order valence-electron chi connectivity index (χ1n) is 7.04. The summed E-state index contributed by atoms with van der Waals surface area (Å²) in [5, 5.41) is 7.83. The van der Waals surface area contributed by atoms with Crippen LogP contribution in [0, 0.1) is 0 Å². The van der Waals surface area contributed by atoms with Gasteiger partial charge >= 0.3 is 0 Å². The maximum Gasteiger partial charge on any atom is 0.118 e. The Kier molecular flexibility index (Phi) is 5.18. The fraction of sp³-hybridized carbons (Fsp3) is 0.438. The largest absolute Gasteiger partial charge is 0.497 e. The van der Waals surface area contributed by atoms with Crippen molar-refractivity contribution >= 4 is 0 Å². The summed E-state index contributed by atoms with van der Waals surface area (Å²) in [6.07, 6.45) is 4.81. The number of nitrogens with zero attached hydrogens (tertiary/aromatic N) is 2. The fourth-order valence-electron chi connectivity index (χ4n) is 2.40. The molecule has 2 atom stereocenters. The average Bonchev–Trinajstić information content (AvgIpc) is 2.92. The van der Waals surface area contributed by atoms with Gasteiger partial charge in [-0.05, 0) is 44.0 Å². The summed E-state index contributed by atoms with van der Waals surface area (Å²) < 4.78 is 7.13. The summed E-state index contributed by atoms with van der Waals surface area (Å²) in [6, 6.07) is 11.0. The molecule has 0 saturated carbocycles. The molecular formula is C16H23N3O. The van der Waals surface area contributed by atoms with Crippen LogP contribution in [0.4, 0.5) is 0 Å². The molecule has 0 aliphatic carbocycles. The van der Waals surface area contributed by atoms with Gasteiger partial charge in [-0.25, -0.2) is 0 Å². The van der Waals surface area contributed by atoms with Crippen LogP contribution < -0.4 is 10.1 Å². The van der Waals surface area contributed by atoms with Crippen LogP contribution in [-0.2, 0) is 13.0 Å². The van der Waals surface area contributed by atoms with Gasteiger partial charge in [-0.15, -0.1) is 0 Å². The first-order chi connectivity index (χ1) is 9.67. The van der Waals surface area contributed by atoms with Crippen molar-refractivity contribution in [2.45, 2.75) is 38.9 Å². The van der Waals surface area contributed by atoms with Gasteiger partial charge in [-0.3, -0.25) is 4.68 Å². The van der Waals surface area contributed by atoms with E-state index in [9.17, 15) is 0 Å². The first kappa shape index (κ1) is 14.6. The molecule has 0 saturated heterocycles. The number of hydrogen-bond acceptors (Lipinski definition) is 3. The zero-order valence-electron chi connectivity index (χ0n) is 12.4. The van der Waals surface area contributed by atoms with E-state index in [1.807, 2.05) is 35.3 Å². The molecule has 0 spiro atoms. The lowest BCUT2D eigenvalue weighted by Crippen LogP contribution is -2.38. The standard InChI is InChI=1S/C16H23N3O/c1-13(11-15-5-7-16(20-3)8-6-15)18-14(2)12-19-10-4-9-17-19/h4-10,13-14,18H,11-12H2,1-3H3. The molecule has 108 valence electrons. The van der Waals surface area contributed by atoms with Gasteiger partial charge in [0.05, 0.1) is 13.7 Å². The molecule has 4 nitrogen and oxygen atoms in total. The molecule has 0 fully saturated rings. The number of methoxy groups -OCH3 is 1. The smallest absolute Gasteiger partial charge is 0.118 e. The zero-order chi connectivity index (χ0) is 14.4. The van der Waals surface area contributed by atoms with E-state index in [0.717, 1.165) is 18.7 Å². The van der Waals surface area contributed by atoms with Crippen molar-refractivity contribution in [2.75, 3.05) is 7.11 Å². The van der Waals surface area contributed by atoms with Gasteiger partial charge in [0.15, 0.2) is 0 Å². The maximum atomic E-state index is 5.17. The van der Waals surface area contributed by atoms with E-state index >= 15 is 0 Å². The second-order valence-electron chi connectivity index (χ2n) is 5.25. The summed E-state index contributed by atoms with van der Waals surface area (Å²) in [6.45, 7) is 5.29. The van der Waals surface area contributed by atoms with Crippen LogP contribution in [0.2, 0.25) is 0 Å². The minimum Gasteiger partial charge on any atom is -0.497 e. The highest BCUT2D eigenvalue weighted by molar-refractivity contribution is 5.27. The molecule has 20 heavy (non-hydrogen) atoms. The highest BCUT2D eigenvalue weighted by Gasteiger charge is 2.09. The van der Waals surface area contributed by atoms with Crippen LogP contribution in [0.15, 0.2) is 42.7 Å². The van der Waals surface area contributed by atoms with Gasteiger partial charge in [-0.2, -0.15) is 5.10 Å². The molecule has 0 aliphatic rings. The normalized spacial score (nSPS) is 13.9. The van der Waals surface area contributed by atoms with Crippen molar-refractivity contribution < 1.29 is 4.74 Å². The minimum absolute atomic E-state index is 0.392. The molecule has 2 rings (SSSR count). The summed E-state index contributed by atoms with van der Waals surface area (Å²) >= 11 is 0. The van der Waals surface area contributed by atoms with E-state index in [2.05, 4.69) is 36.4 Å². The van der Waals surface area contributed by atoms with Gasteiger partial charge in [0.25, 0.3) is 0 Å². The molecule has 0 amide bonds. The predicted molar refractivity (Wildman–Crippen MR) is 81.0 cm³/mol. The summed E-state index contributed by atoms with van der Waals surface area (Å²) in [5.41, 5.74) is 1.32. The van der Waals surface area contributed by atoms with Crippen LogP contribution in [0.25, 0.3) is 0 Å². The number of nitrogens with one attached hydrogen (secondary N) is 1.